The second-order valence-electron chi connectivity index (χ2n) is 4.16. The first-order chi connectivity index (χ1) is 7.84. The predicted octanol–water partition coefficient (Wildman–Crippen LogP) is 2.43. The summed E-state index contributed by atoms with van der Waals surface area (Å²) in [6, 6.07) is 3.67. The highest BCUT2D eigenvalue weighted by Gasteiger charge is 2.37. The molecule has 1 aromatic rings. The second-order valence-corrected chi connectivity index (χ2v) is 5.11. The van der Waals surface area contributed by atoms with Crippen molar-refractivity contribution in [2.75, 3.05) is 0 Å². The van der Waals surface area contributed by atoms with Crippen molar-refractivity contribution in [3.8, 4) is 0 Å². The number of allylic oxidation sites excluding steroid dienone is 2. The number of hydrogen-bond donors (Lipinski definition) is 1. The molecular weight excluding hydrogens is 220 g/mol. The molecule has 1 fully saturated rings. The second kappa shape index (κ2) is 3.87. The number of thiophene rings is 1. The maximum absolute atomic E-state index is 11.6. The minimum atomic E-state index is -0.100. The quantitative estimate of drug-likeness (QED) is 0.617. The summed E-state index contributed by atoms with van der Waals surface area (Å²) >= 11 is 1.43. The van der Waals surface area contributed by atoms with Crippen molar-refractivity contribution in [1.29, 1.82) is 0 Å². The third kappa shape index (κ3) is 1.59. The van der Waals surface area contributed by atoms with Crippen LogP contribution in [0.15, 0.2) is 34.8 Å². The molecule has 4 heteroatoms. The van der Waals surface area contributed by atoms with Gasteiger partial charge in [-0.05, 0) is 30.2 Å². The maximum atomic E-state index is 11.6. The van der Waals surface area contributed by atoms with Gasteiger partial charge in [0.1, 0.15) is 0 Å². The molecule has 0 unspecified atom stereocenters. The molecule has 0 aliphatic heterocycles. The number of nitrogens with zero attached hydrogens (tertiary/aromatic N) is 1. The minimum absolute atomic E-state index is 0.100. The zero-order valence-electron chi connectivity index (χ0n) is 8.72. The van der Waals surface area contributed by atoms with Crippen LogP contribution in [0.25, 0.3) is 0 Å². The Balaban J connectivity index is 1.61. The SMILES string of the molecule is O=C(N/N=C1/C[C@@H]2C=CC[C@H]12)c1cccs1. The van der Waals surface area contributed by atoms with E-state index in [2.05, 4.69) is 22.7 Å². The lowest BCUT2D eigenvalue weighted by molar-refractivity contribution is 0.0958. The van der Waals surface area contributed by atoms with Gasteiger partial charge < -0.3 is 0 Å². The van der Waals surface area contributed by atoms with Gasteiger partial charge in [0.15, 0.2) is 0 Å². The number of hydrazone groups is 1. The van der Waals surface area contributed by atoms with E-state index < -0.39 is 0 Å². The van der Waals surface area contributed by atoms with Gasteiger partial charge in [0, 0.05) is 11.6 Å². The smallest absolute Gasteiger partial charge is 0.266 e. The molecule has 16 heavy (non-hydrogen) atoms. The molecule has 1 N–H and O–H groups in total. The summed E-state index contributed by atoms with van der Waals surface area (Å²) in [6.07, 6.45) is 6.55. The number of nitrogens with one attached hydrogen (secondary N) is 1. The molecule has 0 aromatic carbocycles. The molecule has 1 aromatic heterocycles. The number of hydrogen-bond acceptors (Lipinski definition) is 3. The van der Waals surface area contributed by atoms with E-state index in [1.165, 1.54) is 11.3 Å². The molecule has 0 spiro atoms. The summed E-state index contributed by atoms with van der Waals surface area (Å²) in [6.45, 7) is 0. The molecule has 0 radical (unpaired) electrons. The highest BCUT2D eigenvalue weighted by Crippen LogP contribution is 2.40. The Hall–Kier alpha value is -1.42. The first-order valence-corrected chi connectivity index (χ1v) is 6.29. The van der Waals surface area contributed by atoms with Gasteiger partial charge in [0.2, 0.25) is 0 Å². The molecule has 82 valence electrons. The maximum Gasteiger partial charge on any atom is 0.281 e. The first kappa shape index (κ1) is 9.78. The number of fused-ring (bicyclic) bond motifs is 1. The van der Waals surface area contributed by atoms with Crippen LogP contribution in [0.3, 0.4) is 0 Å². The van der Waals surface area contributed by atoms with Crippen LogP contribution in [-0.2, 0) is 0 Å². The van der Waals surface area contributed by atoms with Crippen molar-refractivity contribution in [3.63, 3.8) is 0 Å². The first-order valence-electron chi connectivity index (χ1n) is 5.41. The van der Waals surface area contributed by atoms with Gasteiger partial charge in [0.05, 0.1) is 4.88 Å². The van der Waals surface area contributed by atoms with Gasteiger partial charge >= 0.3 is 0 Å². The molecule has 0 bridgehead atoms. The minimum Gasteiger partial charge on any atom is -0.266 e. The van der Waals surface area contributed by atoms with Crippen LogP contribution in [0.4, 0.5) is 0 Å². The molecule has 1 amide bonds. The number of amides is 1. The Kier molecular flexibility index (Phi) is 2.36. The van der Waals surface area contributed by atoms with E-state index >= 15 is 0 Å². The molecule has 2 atom stereocenters. The Bertz CT molecular complexity index is 461. The fraction of sp³-hybridized carbons (Fsp3) is 0.333. The van der Waals surface area contributed by atoms with Crippen molar-refractivity contribution in [2.45, 2.75) is 12.8 Å². The zero-order valence-corrected chi connectivity index (χ0v) is 9.54. The van der Waals surface area contributed by atoms with Crippen LogP contribution in [0.5, 0.6) is 0 Å². The van der Waals surface area contributed by atoms with Crippen LogP contribution in [0, 0.1) is 11.8 Å². The van der Waals surface area contributed by atoms with Gasteiger partial charge in [0.25, 0.3) is 5.91 Å². The largest absolute Gasteiger partial charge is 0.281 e. The monoisotopic (exact) mass is 232 g/mol. The highest BCUT2D eigenvalue weighted by molar-refractivity contribution is 7.12. The highest BCUT2D eigenvalue weighted by atomic mass is 32.1. The van der Waals surface area contributed by atoms with E-state index in [-0.39, 0.29) is 5.91 Å². The van der Waals surface area contributed by atoms with Crippen molar-refractivity contribution >= 4 is 23.0 Å². The van der Waals surface area contributed by atoms with E-state index in [4.69, 9.17) is 0 Å². The standard InChI is InChI=1S/C12H12N2OS/c15-12(11-5-2-6-16-11)14-13-10-7-8-3-1-4-9(8)10/h1-3,5-6,8-9H,4,7H2,(H,14,15)/b13-10-/t8-,9-/m0/s1. The van der Waals surface area contributed by atoms with Gasteiger partial charge in [-0.3, -0.25) is 4.79 Å². The van der Waals surface area contributed by atoms with Crippen LogP contribution in [-0.4, -0.2) is 11.6 Å². The Labute approximate surface area is 97.9 Å². The third-order valence-corrected chi connectivity index (χ3v) is 4.08. The van der Waals surface area contributed by atoms with Crippen LogP contribution in [0.1, 0.15) is 22.5 Å². The fourth-order valence-corrected chi connectivity index (χ4v) is 2.86. The Morgan fingerprint density at radius 1 is 1.56 bits per heavy atom. The summed E-state index contributed by atoms with van der Waals surface area (Å²) in [4.78, 5) is 12.3. The van der Waals surface area contributed by atoms with E-state index in [1.807, 2.05) is 11.4 Å². The molecular formula is C12H12N2OS. The van der Waals surface area contributed by atoms with Crippen LogP contribution in [0.2, 0.25) is 0 Å². The van der Waals surface area contributed by atoms with Crippen molar-refractivity contribution in [2.24, 2.45) is 16.9 Å². The molecule has 1 heterocycles. The summed E-state index contributed by atoms with van der Waals surface area (Å²) in [5.74, 6) is 1.14. The summed E-state index contributed by atoms with van der Waals surface area (Å²) in [7, 11) is 0. The topological polar surface area (TPSA) is 41.5 Å². The summed E-state index contributed by atoms with van der Waals surface area (Å²) < 4.78 is 0. The Morgan fingerprint density at radius 3 is 3.25 bits per heavy atom. The summed E-state index contributed by atoms with van der Waals surface area (Å²) in [5.41, 5.74) is 3.77. The Morgan fingerprint density at radius 2 is 2.50 bits per heavy atom. The van der Waals surface area contributed by atoms with E-state index in [0.717, 1.165) is 18.6 Å². The van der Waals surface area contributed by atoms with Crippen LogP contribution >= 0.6 is 11.3 Å². The normalized spacial score (nSPS) is 28.9. The number of carbonyl (C=O) groups excluding carboxylic acids is 1. The average Bonchev–Trinajstić information content (AvgIpc) is 2.88. The lowest BCUT2D eigenvalue weighted by atomic mass is 9.74. The number of rotatable bonds is 2. The number of carbonyl (C=O) groups is 1. The van der Waals surface area contributed by atoms with Crippen LogP contribution < -0.4 is 5.43 Å². The fourth-order valence-electron chi connectivity index (χ4n) is 2.25. The van der Waals surface area contributed by atoms with E-state index in [9.17, 15) is 4.79 Å². The van der Waals surface area contributed by atoms with Crippen molar-refractivity contribution in [3.05, 3.63) is 34.5 Å². The van der Waals surface area contributed by atoms with Gasteiger partial charge in [-0.1, -0.05) is 18.2 Å². The average molecular weight is 232 g/mol. The molecule has 3 rings (SSSR count). The molecule has 0 saturated heterocycles. The molecule has 3 nitrogen and oxygen atoms in total. The zero-order chi connectivity index (χ0) is 11.0. The third-order valence-electron chi connectivity index (χ3n) is 3.21. The summed E-state index contributed by atoms with van der Waals surface area (Å²) in [5, 5.41) is 6.10. The lowest BCUT2D eigenvalue weighted by Crippen LogP contribution is -2.35. The predicted molar refractivity (Wildman–Crippen MR) is 64.6 cm³/mol. The lowest BCUT2D eigenvalue weighted by Gasteiger charge is -2.31. The van der Waals surface area contributed by atoms with Crippen molar-refractivity contribution in [1.82, 2.24) is 5.43 Å². The molecule has 1 saturated carbocycles. The van der Waals surface area contributed by atoms with Gasteiger partial charge in [-0.2, -0.15) is 5.10 Å². The molecule has 2 aliphatic carbocycles. The van der Waals surface area contributed by atoms with E-state index in [0.29, 0.717) is 16.7 Å². The van der Waals surface area contributed by atoms with E-state index in [1.54, 1.807) is 6.07 Å². The van der Waals surface area contributed by atoms with Crippen molar-refractivity contribution < 1.29 is 4.79 Å². The molecule has 2 aliphatic rings. The van der Waals surface area contributed by atoms with Gasteiger partial charge in [-0.15, -0.1) is 11.3 Å². The van der Waals surface area contributed by atoms with Gasteiger partial charge in [-0.25, -0.2) is 5.43 Å².